The molecule has 0 spiro atoms. The third-order valence-electron chi connectivity index (χ3n) is 3.72. The zero-order chi connectivity index (χ0) is 16.6. The van der Waals surface area contributed by atoms with Crippen LogP contribution in [-0.4, -0.2) is 22.1 Å². The van der Waals surface area contributed by atoms with Crippen LogP contribution in [0, 0.1) is 0 Å². The Hall–Kier alpha value is -3.09. The largest absolute Gasteiger partial charge is 0.425 e. The molecule has 5 N–H and O–H groups in total. The average molecular weight is 312 g/mol. The summed E-state index contributed by atoms with van der Waals surface area (Å²) in [5, 5.41) is 8.02. The minimum Gasteiger partial charge on any atom is -0.425 e. The van der Waals surface area contributed by atoms with Gasteiger partial charge in [-0.2, -0.15) is 5.10 Å². The maximum atomic E-state index is 11.4. The van der Waals surface area contributed by atoms with Gasteiger partial charge in [-0.3, -0.25) is 14.7 Å². The Morgan fingerprint density at radius 1 is 1.39 bits per heavy atom. The van der Waals surface area contributed by atoms with Gasteiger partial charge in [0.15, 0.2) is 0 Å². The van der Waals surface area contributed by atoms with Gasteiger partial charge in [0.1, 0.15) is 5.76 Å². The van der Waals surface area contributed by atoms with Crippen LogP contribution in [0.5, 0.6) is 0 Å². The van der Waals surface area contributed by atoms with Crippen molar-refractivity contribution in [3.05, 3.63) is 53.1 Å². The highest BCUT2D eigenvalue weighted by Gasteiger charge is 2.21. The number of benzene rings is 1. The third-order valence-corrected chi connectivity index (χ3v) is 3.72. The zero-order valence-corrected chi connectivity index (χ0v) is 12.5. The molecule has 2 aromatic rings. The van der Waals surface area contributed by atoms with Crippen molar-refractivity contribution in [2.24, 2.45) is 11.5 Å². The summed E-state index contributed by atoms with van der Waals surface area (Å²) >= 11 is 0. The molecule has 1 aromatic heterocycles. The van der Waals surface area contributed by atoms with Gasteiger partial charge < -0.3 is 16.2 Å². The highest BCUT2D eigenvalue weighted by Crippen LogP contribution is 2.32. The fraction of sp³-hybridized carbons (Fsp3) is 0.188. The van der Waals surface area contributed by atoms with Crippen molar-refractivity contribution in [1.29, 1.82) is 0 Å². The standard InChI is InChI=1S/C16H16N4O3/c1-8(21)23-14-7-9(2-4-12(14)17)15-11-6-10(16(18)22)3-5-13(11)19-20-15/h3-7,9H,2,17H2,1H3,(H2,18,22)(H,19,20). The second-order valence-electron chi connectivity index (χ2n) is 5.36. The molecule has 0 saturated carbocycles. The molecule has 7 heteroatoms. The van der Waals surface area contributed by atoms with Crippen LogP contribution in [-0.2, 0) is 9.53 Å². The van der Waals surface area contributed by atoms with Crippen LogP contribution in [0.4, 0.5) is 0 Å². The van der Waals surface area contributed by atoms with E-state index in [1.807, 2.05) is 0 Å². The smallest absolute Gasteiger partial charge is 0.308 e. The van der Waals surface area contributed by atoms with Crippen molar-refractivity contribution in [2.75, 3.05) is 0 Å². The predicted octanol–water partition coefficient (Wildman–Crippen LogP) is 1.44. The monoisotopic (exact) mass is 312 g/mol. The fourth-order valence-corrected chi connectivity index (χ4v) is 2.62. The van der Waals surface area contributed by atoms with E-state index in [1.165, 1.54) is 6.92 Å². The number of primary amides is 1. The molecule has 118 valence electrons. The summed E-state index contributed by atoms with van der Waals surface area (Å²) in [4.78, 5) is 22.5. The van der Waals surface area contributed by atoms with Crippen LogP contribution >= 0.6 is 0 Å². The number of amides is 1. The number of nitrogens with one attached hydrogen (secondary N) is 1. The third kappa shape index (κ3) is 2.80. The molecule has 0 bridgehead atoms. The van der Waals surface area contributed by atoms with E-state index in [0.29, 0.717) is 23.4 Å². The van der Waals surface area contributed by atoms with E-state index in [1.54, 1.807) is 30.4 Å². The van der Waals surface area contributed by atoms with Crippen molar-refractivity contribution >= 4 is 22.8 Å². The molecular formula is C16H16N4O3. The number of aromatic nitrogens is 2. The molecule has 1 aliphatic carbocycles. The van der Waals surface area contributed by atoms with Crippen LogP contribution in [0.25, 0.3) is 10.9 Å². The normalized spacial score (nSPS) is 17.5. The number of fused-ring (bicyclic) bond motifs is 1. The molecule has 1 aromatic carbocycles. The summed E-state index contributed by atoms with van der Waals surface area (Å²) in [5.74, 6) is -0.686. The lowest BCUT2D eigenvalue weighted by Gasteiger charge is -2.18. The number of carbonyl (C=O) groups is 2. The number of rotatable bonds is 3. The summed E-state index contributed by atoms with van der Waals surface area (Å²) in [6.45, 7) is 1.32. The minimum atomic E-state index is -0.497. The molecule has 1 aliphatic rings. The summed E-state index contributed by atoms with van der Waals surface area (Å²) in [5.41, 5.74) is 13.6. The molecule has 1 heterocycles. The molecule has 7 nitrogen and oxygen atoms in total. The number of nitrogens with two attached hydrogens (primary N) is 2. The van der Waals surface area contributed by atoms with E-state index >= 15 is 0 Å². The quantitative estimate of drug-likeness (QED) is 0.740. The predicted molar refractivity (Wildman–Crippen MR) is 84.1 cm³/mol. The molecule has 0 aliphatic heterocycles. The highest BCUT2D eigenvalue weighted by molar-refractivity contribution is 5.97. The number of hydrogen-bond acceptors (Lipinski definition) is 5. The molecule has 0 saturated heterocycles. The second kappa shape index (κ2) is 5.60. The number of esters is 1. The Labute approximate surface area is 132 Å². The van der Waals surface area contributed by atoms with Crippen LogP contribution in [0.1, 0.15) is 35.3 Å². The summed E-state index contributed by atoms with van der Waals surface area (Å²) in [7, 11) is 0. The molecule has 1 amide bonds. The van der Waals surface area contributed by atoms with Crippen LogP contribution in [0.2, 0.25) is 0 Å². The first-order valence-electron chi connectivity index (χ1n) is 7.09. The number of aromatic amines is 1. The van der Waals surface area contributed by atoms with Crippen LogP contribution in [0.15, 0.2) is 41.8 Å². The minimum absolute atomic E-state index is 0.0928. The van der Waals surface area contributed by atoms with Gasteiger partial charge in [-0.05, 0) is 30.7 Å². The van der Waals surface area contributed by atoms with E-state index < -0.39 is 11.9 Å². The van der Waals surface area contributed by atoms with Gasteiger partial charge in [0.25, 0.3) is 0 Å². The van der Waals surface area contributed by atoms with Crippen LogP contribution < -0.4 is 11.5 Å². The second-order valence-corrected chi connectivity index (χ2v) is 5.36. The molecular weight excluding hydrogens is 296 g/mol. The molecule has 3 rings (SSSR count). The zero-order valence-electron chi connectivity index (χ0n) is 12.5. The van der Waals surface area contributed by atoms with Gasteiger partial charge in [0, 0.05) is 23.8 Å². The van der Waals surface area contributed by atoms with E-state index in [2.05, 4.69) is 10.2 Å². The first-order valence-corrected chi connectivity index (χ1v) is 7.09. The average Bonchev–Trinajstić information content (AvgIpc) is 2.92. The van der Waals surface area contributed by atoms with Crippen molar-refractivity contribution in [1.82, 2.24) is 10.2 Å². The van der Waals surface area contributed by atoms with Crippen molar-refractivity contribution in [2.45, 2.75) is 19.3 Å². The molecule has 0 fully saturated rings. The lowest BCUT2D eigenvalue weighted by molar-refractivity contribution is -0.136. The Morgan fingerprint density at radius 2 is 2.17 bits per heavy atom. The van der Waals surface area contributed by atoms with Gasteiger partial charge in [0.05, 0.1) is 16.9 Å². The molecule has 1 atom stereocenters. The lowest BCUT2D eigenvalue weighted by atomic mass is 9.92. The molecule has 1 unspecified atom stereocenters. The van der Waals surface area contributed by atoms with Gasteiger partial charge >= 0.3 is 5.97 Å². The van der Waals surface area contributed by atoms with Crippen molar-refractivity contribution in [3.8, 4) is 0 Å². The first kappa shape index (κ1) is 14.8. The van der Waals surface area contributed by atoms with Gasteiger partial charge in [-0.15, -0.1) is 0 Å². The number of hydrogen-bond donors (Lipinski definition) is 3. The first-order chi connectivity index (χ1) is 11.0. The Balaban J connectivity index is 2.03. The Morgan fingerprint density at radius 3 is 2.87 bits per heavy atom. The summed E-state index contributed by atoms with van der Waals surface area (Å²) in [6, 6.07) is 5.07. The number of ether oxygens (including phenoxy) is 1. The summed E-state index contributed by atoms with van der Waals surface area (Å²) in [6.07, 6.45) is 4.21. The number of allylic oxidation sites excluding steroid dienone is 2. The summed E-state index contributed by atoms with van der Waals surface area (Å²) < 4.78 is 5.13. The van der Waals surface area contributed by atoms with E-state index in [0.717, 1.165) is 16.6 Å². The fourth-order valence-electron chi connectivity index (χ4n) is 2.62. The van der Waals surface area contributed by atoms with E-state index in [9.17, 15) is 9.59 Å². The van der Waals surface area contributed by atoms with E-state index in [-0.39, 0.29) is 5.92 Å². The van der Waals surface area contributed by atoms with Gasteiger partial charge in [-0.1, -0.05) is 6.08 Å². The van der Waals surface area contributed by atoms with E-state index in [4.69, 9.17) is 16.2 Å². The topological polar surface area (TPSA) is 124 Å². The molecule has 0 radical (unpaired) electrons. The van der Waals surface area contributed by atoms with Gasteiger partial charge in [-0.25, -0.2) is 0 Å². The maximum Gasteiger partial charge on any atom is 0.308 e. The number of nitrogens with zero attached hydrogens (tertiary/aromatic N) is 1. The number of carbonyl (C=O) groups excluding carboxylic acids is 2. The van der Waals surface area contributed by atoms with Gasteiger partial charge in [0.2, 0.25) is 5.91 Å². The maximum absolute atomic E-state index is 11.4. The Bertz CT molecular complexity index is 863. The van der Waals surface area contributed by atoms with Crippen molar-refractivity contribution < 1.29 is 14.3 Å². The Kier molecular flexibility index (Phi) is 3.61. The molecule has 23 heavy (non-hydrogen) atoms. The van der Waals surface area contributed by atoms with Crippen LogP contribution in [0.3, 0.4) is 0 Å². The number of H-pyrrole nitrogens is 1. The lowest BCUT2D eigenvalue weighted by Crippen LogP contribution is -2.14. The van der Waals surface area contributed by atoms with Crippen molar-refractivity contribution in [3.63, 3.8) is 0 Å². The SMILES string of the molecule is CC(=O)OC1=CC(c2[nH]nc3ccc(C(N)=O)cc23)CC=C1N. The highest BCUT2D eigenvalue weighted by atomic mass is 16.5.